The van der Waals surface area contributed by atoms with E-state index in [0.717, 1.165) is 22.1 Å². The molecule has 1 atom stereocenters. The maximum Gasteiger partial charge on any atom is 0.119 e. The quantitative estimate of drug-likeness (QED) is 0.848. The molecule has 0 amide bonds. The summed E-state index contributed by atoms with van der Waals surface area (Å²) in [7, 11) is 1.65. The zero-order valence-corrected chi connectivity index (χ0v) is 9.89. The molecule has 0 bridgehead atoms. The second kappa shape index (κ2) is 5.17. The number of aliphatic hydroxyl groups excluding tert-OH is 1. The van der Waals surface area contributed by atoms with Gasteiger partial charge in [0.05, 0.1) is 13.2 Å². The van der Waals surface area contributed by atoms with Crippen LogP contribution in [0.3, 0.4) is 0 Å². The molecule has 0 saturated heterocycles. The fourth-order valence-electron chi connectivity index (χ4n) is 1.90. The SMILES string of the molecule is COc1ccc2cc([C@@H](O)CCN)ccc2c1. The van der Waals surface area contributed by atoms with Crippen molar-refractivity contribution in [1.29, 1.82) is 0 Å². The van der Waals surface area contributed by atoms with Gasteiger partial charge in [-0.3, -0.25) is 0 Å². The van der Waals surface area contributed by atoms with E-state index in [9.17, 15) is 5.11 Å². The molecule has 0 fully saturated rings. The minimum Gasteiger partial charge on any atom is -0.497 e. The van der Waals surface area contributed by atoms with Crippen LogP contribution in [0.4, 0.5) is 0 Å². The summed E-state index contributed by atoms with van der Waals surface area (Å²) in [5, 5.41) is 12.1. The first-order valence-electron chi connectivity index (χ1n) is 5.70. The van der Waals surface area contributed by atoms with Crippen molar-refractivity contribution in [3.8, 4) is 5.75 Å². The van der Waals surface area contributed by atoms with Crippen molar-refractivity contribution in [2.45, 2.75) is 12.5 Å². The Bertz CT molecular complexity index is 511. The molecule has 3 N–H and O–H groups in total. The molecule has 0 saturated carbocycles. The van der Waals surface area contributed by atoms with E-state index in [4.69, 9.17) is 10.5 Å². The average molecular weight is 231 g/mol. The van der Waals surface area contributed by atoms with Gasteiger partial charge in [0.15, 0.2) is 0 Å². The molecule has 0 aliphatic carbocycles. The lowest BCUT2D eigenvalue weighted by molar-refractivity contribution is 0.170. The second-order valence-electron chi connectivity index (χ2n) is 4.07. The first kappa shape index (κ1) is 11.9. The zero-order chi connectivity index (χ0) is 12.3. The normalized spacial score (nSPS) is 12.6. The van der Waals surface area contributed by atoms with Crippen LogP contribution in [0.15, 0.2) is 36.4 Å². The summed E-state index contributed by atoms with van der Waals surface area (Å²) in [6, 6.07) is 11.8. The molecule has 0 aliphatic heterocycles. The Morgan fingerprint density at radius 3 is 2.59 bits per heavy atom. The van der Waals surface area contributed by atoms with Gasteiger partial charge in [-0.1, -0.05) is 18.2 Å². The highest BCUT2D eigenvalue weighted by atomic mass is 16.5. The van der Waals surface area contributed by atoms with E-state index >= 15 is 0 Å². The lowest BCUT2D eigenvalue weighted by Crippen LogP contribution is -2.06. The van der Waals surface area contributed by atoms with Crippen LogP contribution in [-0.4, -0.2) is 18.8 Å². The largest absolute Gasteiger partial charge is 0.497 e. The number of rotatable bonds is 4. The van der Waals surface area contributed by atoms with Gasteiger partial charge in [-0.05, 0) is 47.5 Å². The summed E-state index contributed by atoms with van der Waals surface area (Å²) >= 11 is 0. The summed E-state index contributed by atoms with van der Waals surface area (Å²) in [6.45, 7) is 0.488. The highest BCUT2D eigenvalue weighted by molar-refractivity contribution is 5.84. The predicted molar refractivity (Wildman–Crippen MR) is 69.1 cm³/mol. The summed E-state index contributed by atoms with van der Waals surface area (Å²) in [5.41, 5.74) is 6.35. The van der Waals surface area contributed by atoms with Crippen molar-refractivity contribution in [2.75, 3.05) is 13.7 Å². The van der Waals surface area contributed by atoms with Gasteiger partial charge < -0.3 is 15.6 Å². The van der Waals surface area contributed by atoms with Crippen molar-refractivity contribution in [3.05, 3.63) is 42.0 Å². The van der Waals surface area contributed by atoms with Crippen LogP contribution < -0.4 is 10.5 Å². The highest BCUT2D eigenvalue weighted by Gasteiger charge is 2.07. The minimum absolute atomic E-state index is 0.480. The van der Waals surface area contributed by atoms with Gasteiger partial charge in [0.25, 0.3) is 0 Å². The maximum absolute atomic E-state index is 9.88. The Morgan fingerprint density at radius 2 is 1.88 bits per heavy atom. The van der Waals surface area contributed by atoms with E-state index in [1.54, 1.807) is 7.11 Å². The monoisotopic (exact) mass is 231 g/mol. The number of fused-ring (bicyclic) bond motifs is 1. The van der Waals surface area contributed by atoms with Crippen LogP contribution in [0.5, 0.6) is 5.75 Å². The minimum atomic E-state index is -0.480. The van der Waals surface area contributed by atoms with E-state index in [0.29, 0.717) is 13.0 Å². The predicted octanol–water partition coefficient (Wildman–Crippen LogP) is 2.23. The van der Waals surface area contributed by atoms with Crippen molar-refractivity contribution < 1.29 is 9.84 Å². The lowest BCUT2D eigenvalue weighted by Gasteiger charge is -2.11. The number of hydrogen-bond donors (Lipinski definition) is 2. The standard InChI is InChI=1S/C14H17NO2/c1-17-13-5-4-10-8-12(14(16)6-7-15)3-2-11(10)9-13/h2-5,8-9,14,16H,6-7,15H2,1H3/t14-/m0/s1. The van der Waals surface area contributed by atoms with E-state index in [-0.39, 0.29) is 0 Å². The van der Waals surface area contributed by atoms with Crippen molar-refractivity contribution in [1.82, 2.24) is 0 Å². The molecule has 2 aromatic rings. The number of aliphatic hydroxyl groups is 1. The van der Waals surface area contributed by atoms with Gasteiger partial charge >= 0.3 is 0 Å². The molecule has 0 unspecified atom stereocenters. The molecule has 2 rings (SSSR count). The third-order valence-electron chi connectivity index (χ3n) is 2.90. The summed E-state index contributed by atoms with van der Waals surface area (Å²) in [6.07, 6.45) is 0.105. The molecule has 0 aromatic heterocycles. The molecular formula is C14H17NO2. The first-order chi connectivity index (χ1) is 8.24. The Hall–Kier alpha value is -1.58. The van der Waals surface area contributed by atoms with Crippen LogP contribution in [-0.2, 0) is 0 Å². The van der Waals surface area contributed by atoms with Gasteiger partial charge in [-0.25, -0.2) is 0 Å². The summed E-state index contributed by atoms with van der Waals surface area (Å²) in [5.74, 6) is 0.841. The van der Waals surface area contributed by atoms with Crippen LogP contribution in [0.1, 0.15) is 18.1 Å². The maximum atomic E-state index is 9.88. The van der Waals surface area contributed by atoms with Crippen LogP contribution in [0.2, 0.25) is 0 Å². The Kier molecular flexibility index (Phi) is 3.61. The van der Waals surface area contributed by atoms with Crippen molar-refractivity contribution in [3.63, 3.8) is 0 Å². The van der Waals surface area contributed by atoms with Gasteiger partial charge in [0, 0.05) is 0 Å². The Morgan fingerprint density at radius 1 is 1.18 bits per heavy atom. The second-order valence-corrected chi connectivity index (χ2v) is 4.07. The van der Waals surface area contributed by atoms with E-state index in [1.807, 2.05) is 36.4 Å². The van der Waals surface area contributed by atoms with Crippen molar-refractivity contribution >= 4 is 10.8 Å². The number of hydrogen-bond acceptors (Lipinski definition) is 3. The Labute approximate surface area is 101 Å². The first-order valence-corrected chi connectivity index (χ1v) is 5.70. The molecule has 3 nitrogen and oxygen atoms in total. The lowest BCUT2D eigenvalue weighted by atomic mass is 10.0. The van der Waals surface area contributed by atoms with Crippen molar-refractivity contribution in [2.24, 2.45) is 5.73 Å². The zero-order valence-electron chi connectivity index (χ0n) is 9.89. The molecule has 0 aliphatic rings. The molecule has 0 radical (unpaired) electrons. The molecule has 2 aromatic carbocycles. The Balaban J connectivity index is 2.37. The van der Waals surface area contributed by atoms with Crippen LogP contribution >= 0.6 is 0 Å². The topological polar surface area (TPSA) is 55.5 Å². The van der Waals surface area contributed by atoms with Gasteiger partial charge in [-0.2, -0.15) is 0 Å². The molecule has 0 spiro atoms. The number of nitrogens with two attached hydrogens (primary N) is 1. The number of methoxy groups -OCH3 is 1. The average Bonchev–Trinajstić information content (AvgIpc) is 2.37. The molecule has 17 heavy (non-hydrogen) atoms. The van der Waals surface area contributed by atoms with E-state index < -0.39 is 6.10 Å². The van der Waals surface area contributed by atoms with Crippen LogP contribution in [0, 0.1) is 0 Å². The number of ether oxygens (including phenoxy) is 1. The summed E-state index contributed by atoms with van der Waals surface area (Å²) < 4.78 is 5.17. The van der Waals surface area contributed by atoms with Gasteiger partial charge in [0.2, 0.25) is 0 Å². The van der Waals surface area contributed by atoms with E-state index in [1.165, 1.54) is 0 Å². The fraction of sp³-hybridized carbons (Fsp3) is 0.286. The molecule has 0 heterocycles. The fourth-order valence-corrected chi connectivity index (χ4v) is 1.90. The summed E-state index contributed by atoms with van der Waals surface area (Å²) in [4.78, 5) is 0. The number of benzene rings is 2. The third-order valence-corrected chi connectivity index (χ3v) is 2.90. The molecular weight excluding hydrogens is 214 g/mol. The van der Waals surface area contributed by atoms with Crippen LogP contribution in [0.25, 0.3) is 10.8 Å². The third kappa shape index (κ3) is 2.57. The molecule has 3 heteroatoms. The van der Waals surface area contributed by atoms with Gasteiger partial charge in [-0.15, -0.1) is 0 Å². The molecule has 90 valence electrons. The van der Waals surface area contributed by atoms with E-state index in [2.05, 4.69) is 0 Å². The highest BCUT2D eigenvalue weighted by Crippen LogP contribution is 2.25. The smallest absolute Gasteiger partial charge is 0.119 e. The van der Waals surface area contributed by atoms with Gasteiger partial charge in [0.1, 0.15) is 5.75 Å².